The van der Waals surface area contributed by atoms with Crippen molar-refractivity contribution >= 4 is 13.7 Å². The average Bonchev–Trinajstić information content (AvgIpc) is 3.34. The van der Waals surface area contributed by atoms with Gasteiger partial charge in [0.2, 0.25) is 5.91 Å². The number of aliphatic hydroxyl groups is 1. The summed E-state index contributed by atoms with van der Waals surface area (Å²) < 4.78 is 23.4. The van der Waals surface area contributed by atoms with E-state index in [9.17, 15) is 19.4 Å². The van der Waals surface area contributed by atoms with Crippen molar-refractivity contribution in [3.8, 4) is 0 Å². The van der Waals surface area contributed by atoms with Gasteiger partial charge in [-0.25, -0.2) is 0 Å². The minimum Gasteiger partial charge on any atom is -0.756 e. The molecule has 1 amide bonds. The predicted molar refractivity (Wildman–Crippen MR) is 311 cm³/mol. The Kier molecular flexibility index (Phi) is 51.8. The van der Waals surface area contributed by atoms with E-state index in [1.807, 2.05) is 21.1 Å². The van der Waals surface area contributed by atoms with Gasteiger partial charge in [0.15, 0.2) is 0 Å². The summed E-state index contributed by atoms with van der Waals surface area (Å²) in [6.07, 6.45) is 74.8. The van der Waals surface area contributed by atoms with Gasteiger partial charge < -0.3 is 28.8 Å². The predicted octanol–water partition coefficient (Wildman–Crippen LogP) is 17.8. The van der Waals surface area contributed by atoms with E-state index in [-0.39, 0.29) is 19.1 Å². The molecule has 0 aromatic heterocycles. The van der Waals surface area contributed by atoms with Crippen molar-refractivity contribution < 1.29 is 32.9 Å². The number of aliphatic hydroxyl groups excluding tert-OH is 1. The first-order valence-electron chi connectivity index (χ1n) is 29.9. The first-order valence-corrected chi connectivity index (χ1v) is 31.4. The van der Waals surface area contributed by atoms with Crippen molar-refractivity contribution in [2.24, 2.45) is 0 Å². The molecule has 418 valence electrons. The van der Waals surface area contributed by atoms with Crippen LogP contribution in [0.3, 0.4) is 0 Å². The molecule has 0 aromatic carbocycles. The molecule has 0 spiro atoms. The van der Waals surface area contributed by atoms with E-state index < -0.39 is 20.0 Å². The van der Waals surface area contributed by atoms with E-state index in [2.05, 4.69) is 104 Å². The largest absolute Gasteiger partial charge is 0.756 e. The van der Waals surface area contributed by atoms with E-state index in [1.54, 1.807) is 0 Å². The highest BCUT2D eigenvalue weighted by molar-refractivity contribution is 7.45. The van der Waals surface area contributed by atoms with E-state index in [1.165, 1.54) is 148 Å². The van der Waals surface area contributed by atoms with Gasteiger partial charge in [0.1, 0.15) is 13.2 Å². The molecule has 3 atom stereocenters. The van der Waals surface area contributed by atoms with Gasteiger partial charge in [0.25, 0.3) is 7.82 Å². The van der Waals surface area contributed by atoms with Gasteiger partial charge in [-0.15, -0.1) is 0 Å². The highest BCUT2D eigenvalue weighted by Crippen LogP contribution is 2.38. The van der Waals surface area contributed by atoms with Crippen LogP contribution in [0.5, 0.6) is 0 Å². The Morgan fingerprint density at radius 3 is 1.24 bits per heavy atom. The lowest BCUT2D eigenvalue weighted by Gasteiger charge is -2.30. The third kappa shape index (κ3) is 55.4. The second-order valence-electron chi connectivity index (χ2n) is 21.3. The van der Waals surface area contributed by atoms with Gasteiger partial charge in [-0.3, -0.25) is 9.36 Å². The number of carbonyl (C=O) groups excluding carboxylic acids is 1. The van der Waals surface area contributed by atoms with Crippen LogP contribution in [-0.4, -0.2) is 68.5 Å². The number of allylic oxidation sites excluding steroid dienone is 14. The number of nitrogens with zero attached hydrogens (tertiary/aromatic N) is 1. The van der Waals surface area contributed by atoms with Gasteiger partial charge in [-0.1, -0.05) is 266 Å². The lowest BCUT2D eigenvalue weighted by Crippen LogP contribution is -2.46. The Morgan fingerprint density at radius 2 is 0.847 bits per heavy atom. The van der Waals surface area contributed by atoms with Crippen LogP contribution >= 0.6 is 7.82 Å². The molecule has 0 radical (unpaired) electrons. The molecule has 0 fully saturated rings. The molecule has 0 heterocycles. The Morgan fingerprint density at radius 1 is 0.500 bits per heavy atom. The molecule has 3 unspecified atom stereocenters. The van der Waals surface area contributed by atoms with Crippen LogP contribution < -0.4 is 10.2 Å². The van der Waals surface area contributed by atoms with Crippen molar-refractivity contribution in [3.05, 3.63) is 85.1 Å². The normalized spacial score (nSPS) is 14.5. The molecule has 2 N–H and O–H groups in total. The molecule has 0 aliphatic heterocycles. The van der Waals surface area contributed by atoms with Crippen LogP contribution in [-0.2, 0) is 18.4 Å². The maximum Gasteiger partial charge on any atom is 0.268 e. The van der Waals surface area contributed by atoms with E-state index in [0.29, 0.717) is 23.9 Å². The van der Waals surface area contributed by atoms with Crippen molar-refractivity contribution in [1.82, 2.24) is 5.32 Å². The molecule has 72 heavy (non-hydrogen) atoms. The zero-order valence-corrected chi connectivity index (χ0v) is 48.5. The number of quaternary nitrogens is 1. The summed E-state index contributed by atoms with van der Waals surface area (Å²) in [6.45, 7) is 4.62. The summed E-state index contributed by atoms with van der Waals surface area (Å²) >= 11 is 0. The number of phosphoric acid groups is 1. The van der Waals surface area contributed by atoms with Crippen LogP contribution in [0.15, 0.2) is 85.1 Å². The van der Waals surface area contributed by atoms with E-state index >= 15 is 0 Å². The van der Waals surface area contributed by atoms with Crippen molar-refractivity contribution in [2.45, 2.75) is 270 Å². The average molecular weight is 1030 g/mol. The second kappa shape index (κ2) is 53.5. The van der Waals surface area contributed by atoms with Gasteiger partial charge in [-0.05, 0) is 70.6 Å². The smallest absolute Gasteiger partial charge is 0.268 e. The van der Waals surface area contributed by atoms with Gasteiger partial charge in [-0.2, -0.15) is 0 Å². The summed E-state index contributed by atoms with van der Waals surface area (Å²) in [5.41, 5.74) is 0. The summed E-state index contributed by atoms with van der Waals surface area (Å²) in [6, 6.07) is -0.805. The summed E-state index contributed by atoms with van der Waals surface area (Å²) in [4.78, 5) is 25.5. The zero-order valence-electron chi connectivity index (χ0n) is 47.6. The van der Waals surface area contributed by atoms with Gasteiger partial charge in [0, 0.05) is 6.42 Å². The number of phosphoric ester groups is 1. The van der Waals surface area contributed by atoms with Crippen LogP contribution in [0, 0.1) is 0 Å². The Labute approximate surface area is 446 Å². The third-order valence-corrected chi connectivity index (χ3v) is 14.1. The summed E-state index contributed by atoms with van der Waals surface area (Å²) in [7, 11) is 1.30. The van der Waals surface area contributed by atoms with E-state index in [0.717, 1.165) is 83.5 Å². The number of unbranched alkanes of at least 4 members (excludes halogenated alkanes) is 27. The summed E-state index contributed by atoms with van der Waals surface area (Å²) in [5.74, 6) is -0.167. The topological polar surface area (TPSA) is 108 Å². The number of amides is 1. The van der Waals surface area contributed by atoms with Crippen molar-refractivity contribution in [1.29, 1.82) is 0 Å². The number of nitrogens with one attached hydrogen (secondary N) is 1. The number of rotatable bonds is 54. The fraction of sp³-hybridized carbons (Fsp3) is 0.762. The minimum absolute atomic E-state index is 0.00970. The van der Waals surface area contributed by atoms with E-state index in [4.69, 9.17) is 9.05 Å². The number of carbonyl (C=O) groups is 1. The zero-order chi connectivity index (χ0) is 52.7. The quantitative estimate of drug-likeness (QED) is 0.0272. The molecule has 0 saturated heterocycles. The van der Waals surface area contributed by atoms with Gasteiger partial charge in [0.05, 0.1) is 39.9 Å². The highest BCUT2D eigenvalue weighted by atomic mass is 31.2. The molecule has 0 rings (SSSR count). The first-order chi connectivity index (χ1) is 35.0. The molecular formula is C63H115N2O6P. The monoisotopic (exact) mass is 1030 g/mol. The Hall–Kier alpha value is -2.32. The Bertz CT molecular complexity index is 1450. The SMILES string of the molecule is CC/C=C\C/C=C\C/C=C\C/C=C\C/C=C\C/C=C\C/C=C\CCCCCCCCCCCCCCCC(=O)NC(COP(=O)([O-])OCC[N+](C)(C)C)C(O)CCCCCCCCCCCCCCCCC. The molecular weight excluding hydrogens is 912 g/mol. The highest BCUT2D eigenvalue weighted by Gasteiger charge is 2.24. The second-order valence-corrected chi connectivity index (χ2v) is 22.7. The molecule has 0 saturated carbocycles. The third-order valence-electron chi connectivity index (χ3n) is 13.1. The molecule has 9 heteroatoms. The molecule has 0 aromatic rings. The molecule has 0 bridgehead atoms. The lowest BCUT2D eigenvalue weighted by atomic mass is 10.0. The maximum atomic E-state index is 13.0. The maximum absolute atomic E-state index is 13.0. The van der Waals surface area contributed by atoms with Crippen molar-refractivity contribution in [2.75, 3.05) is 40.9 Å². The van der Waals surface area contributed by atoms with Crippen LogP contribution in [0.25, 0.3) is 0 Å². The van der Waals surface area contributed by atoms with Crippen molar-refractivity contribution in [3.63, 3.8) is 0 Å². The van der Waals surface area contributed by atoms with Gasteiger partial charge >= 0.3 is 0 Å². The molecule has 0 aliphatic rings. The minimum atomic E-state index is -4.58. The van der Waals surface area contributed by atoms with Crippen LogP contribution in [0.1, 0.15) is 258 Å². The molecule has 0 aliphatic carbocycles. The summed E-state index contributed by atoms with van der Waals surface area (Å²) in [5, 5.41) is 14.0. The lowest BCUT2D eigenvalue weighted by molar-refractivity contribution is -0.870. The first kappa shape index (κ1) is 69.7. The number of hydrogen-bond donors (Lipinski definition) is 2. The fourth-order valence-corrected chi connectivity index (χ4v) is 9.22. The number of likely N-dealkylation sites (N-methyl/N-ethyl adjacent to an activating group) is 1. The standard InChI is InChI=1S/C63H115N2O6P/c1-6-8-10-12-14-16-18-20-22-23-24-25-26-27-28-29-30-31-32-33-34-35-36-37-38-39-40-41-43-45-47-49-51-53-55-57-63(67)64-61(60-71-72(68,69)70-59-58-65(3,4)5)62(66)56-54-52-50-48-46-44-42-21-19-17-15-13-11-9-7-2/h8,10,14,16,20,22,24-25,27-28,30-31,33-34,61-62,66H,6-7,9,11-13,15,17-19,21,23,26,29,32,35-60H2,1-5H3,(H-,64,67,68,69)/b10-8-,16-14-,22-20-,25-24-,28-27-,31-30-,34-33-. The Balaban J connectivity index is 4.06. The van der Waals surface area contributed by atoms with Crippen LogP contribution in [0.2, 0.25) is 0 Å². The van der Waals surface area contributed by atoms with Crippen LogP contribution in [0.4, 0.5) is 0 Å². The molecule has 8 nitrogen and oxygen atoms in total. The number of hydrogen-bond acceptors (Lipinski definition) is 6. The fourth-order valence-electron chi connectivity index (χ4n) is 8.49.